The molecule has 0 saturated carbocycles. The quantitative estimate of drug-likeness (QED) is 0.756. The minimum Gasteiger partial charge on any atom is -0.355 e. The molecule has 1 aromatic rings. The second kappa shape index (κ2) is 4.17. The Morgan fingerprint density at radius 2 is 2.15 bits per heavy atom. The maximum absolute atomic E-state index is 5.20. The maximum Gasteiger partial charge on any atom is 0.146 e. The molecule has 0 bridgehead atoms. The normalized spacial score (nSPS) is 18.8. The van der Waals surface area contributed by atoms with Gasteiger partial charge in [-0.2, -0.15) is 0 Å². The van der Waals surface area contributed by atoms with Gasteiger partial charge in [-0.3, -0.25) is 4.98 Å². The molecule has 2 rings (SSSR count). The molecular weight excluding hydrogens is 234 g/mol. The molecule has 2 heterocycles. The van der Waals surface area contributed by atoms with Crippen LogP contribution in [0.2, 0.25) is 0 Å². The van der Waals surface area contributed by atoms with E-state index in [1.54, 1.807) is 6.20 Å². The van der Waals surface area contributed by atoms with E-state index in [0.717, 1.165) is 10.2 Å². The summed E-state index contributed by atoms with van der Waals surface area (Å²) in [6.07, 6.45) is 1.79. The summed E-state index contributed by atoms with van der Waals surface area (Å²) in [4.78, 5) is 4.27. The standard InChI is InChI=1S/C9H10BrNO2/c10-8-1-2-11-9(3-8)7-4-12-6-13-5-7/h1-3,7H,4-6H2. The lowest BCUT2D eigenvalue weighted by Gasteiger charge is -2.21. The molecule has 13 heavy (non-hydrogen) atoms. The second-order valence-electron chi connectivity index (χ2n) is 2.96. The van der Waals surface area contributed by atoms with Gasteiger partial charge in [0.2, 0.25) is 0 Å². The Hall–Kier alpha value is -0.450. The molecule has 0 unspecified atom stereocenters. The van der Waals surface area contributed by atoms with E-state index in [9.17, 15) is 0 Å². The van der Waals surface area contributed by atoms with E-state index in [1.807, 2.05) is 12.1 Å². The van der Waals surface area contributed by atoms with E-state index in [2.05, 4.69) is 20.9 Å². The van der Waals surface area contributed by atoms with Gasteiger partial charge in [0.1, 0.15) is 6.79 Å². The van der Waals surface area contributed by atoms with Crippen LogP contribution < -0.4 is 0 Å². The highest BCUT2D eigenvalue weighted by atomic mass is 79.9. The smallest absolute Gasteiger partial charge is 0.146 e. The lowest BCUT2D eigenvalue weighted by molar-refractivity contribution is -0.108. The summed E-state index contributed by atoms with van der Waals surface area (Å²) in [6.45, 7) is 1.80. The van der Waals surface area contributed by atoms with Gasteiger partial charge >= 0.3 is 0 Å². The lowest BCUT2D eigenvalue weighted by atomic mass is 10.1. The Labute approximate surface area is 85.2 Å². The average molecular weight is 244 g/mol. The molecule has 0 aliphatic carbocycles. The van der Waals surface area contributed by atoms with Crippen LogP contribution in [0.1, 0.15) is 11.6 Å². The third-order valence-corrected chi connectivity index (χ3v) is 2.46. The minimum absolute atomic E-state index is 0.270. The molecule has 0 amide bonds. The van der Waals surface area contributed by atoms with Gasteiger partial charge in [0.05, 0.1) is 13.2 Å². The number of aromatic nitrogens is 1. The van der Waals surface area contributed by atoms with Gasteiger partial charge in [0, 0.05) is 22.3 Å². The van der Waals surface area contributed by atoms with Gasteiger partial charge in [-0.25, -0.2) is 0 Å². The van der Waals surface area contributed by atoms with E-state index in [1.165, 1.54) is 0 Å². The van der Waals surface area contributed by atoms with Crippen molar-refractivity contribution >= 4 is 15.9 Å². The van der Waals surface area contributed by atoms with Gasteiger partial charge in [0.15, 0.2) is 0 Å². The third-order valence-electron chi connectivity index (χ3n) is 1.97. The Morgan fingerprint density at radius 3 is 2.85 bits per heavy atom. The number of pyridine rings is 1. The fourth-order valence-corrected chi connectivity index (χ4v) is 1.66. The highest BCUT2D eigenvalue weighted by Crippen LogP contribution is 2.20. The van der Waals surface area contributed by atoms with E-state index in [-0.39, 0.29) is 5.92 Å². The van der Waals surface area contributed by atoms with Crippen molar-refractivity contribution in [2.24, 2.45) is 0 Å². The second-order valence-corrected chi connectivity index (χ2v) is 3.87. The topological polar surface area (TPSA) is 31.4 Å². The Morgan fingerprint density at radius 1 is 1.38 bits per heavy atom. The van der Waals surface area contributed by atoms with E-state index >= 15 is 0 Å². The van der Waals surface area contributed by atoms with Crippen molar-refractivity contribution < 1.29 is 9.47 Å². The first kappa shape index (κ1) is 9.12. The van der Waals surface area contributed by atoms with Crippen LogP contribution in [0.15, 0.2) is 22.8 Å². The lowest BCUT2D eigenvalue weighted by Crippen LogP contribution is -2.22. The van der Waals surface area contributed by atoms with Gasteiger partial charge < -0.3 is 9.47 Å². The van der Waals surface area contributed by atoms with Crippen molar-refractivity contribution in [1.82, 2.24) is 4.98 Å². The number of hydrogen-bond donors (Lipinski definition) is 0. The van der Waals surface area contributed by atoms with Crippen molar-refractivity contribution in [2.45, 2.75) is 5.92 Å². The largest absolute Gasteiger partial charge is 0.355 e. The van der Waals surface area contributed by atoms with Crippen LogP contribution in [0.25, 0.3) is 0 Å². The molecule has 1 aromatic heterocycles. The molecule has 70 valence electrons. The number of halogens is 1. The first-order chi connectivity index (χ1) is 6.36. The fourth-order valence-electron chi connectivity index (χ4n) is 1.30. The van der Waals surface area contributed by atoms with Gasteiger partial charge in [0.25, 0.3) is 0 Å². The first-order valence-electron chi connectivity index (χ1n) is 4.13. The van der Waals surface area contributed by atoms with Gasteiger partial charge in [-0.1, -0.05) is 15.9 Å². The van der Waals surface area contributed by atoms with Gasteiger partial charge in [-0.15, -0.1) is 0 Å². The molecule has 1 aliphatic rings. The molecule has 4 heteroatoms. The minimum atomic E-state index is 0.270. The highest BCUT2D eigenvalue weighted by Gasteiger charge is 2.17. The molecule has 0 radical (unpaired) electrons. The van der Waals surface area contributed by atoms with E-state index in [4.69, 9.17) is 9.47 Å². The van der Waals surface area contributed by atoms with Crippen LogP contribution in [-0.4, -0.2) is 25.0 Å². The summed E-state index contributed by atoms with van der Waals surface area (Å²) in [6, 6.07) is 3.91. The average Bonchev–Trinajstić information content (AvgIpc) is 2.19. The summed E-state index contributed by atoms with van der Waals surface area (Å²) in [5.74, 6) is 0.270. The molecule has 0 N–H and O–H groups in total. The zero-order chi connectivity index (χ0) is 9.10. The monoisotopic (exact) mass is 243 g/mol. The van der Waals surface area contributed by atoms with Crippen molar-refractivity contribution in [3.8, 4) is 0 Å². The summed E-state index contributed by atoms with van der Waals surface area (Å²) in [5, 5.41) is 0. The van der Waals surface area contributed by atoms with Crippen LogP contribution in [-0.2, 0) is 9.47 Å². The van der Waals surface area contributed by atoms with Crippen LogP contribution in [0.4, 0.5) is 0 Å². The number of hydrogen-bond acceptors (Lipinski definition) is 3. The maximum atomic E-state index is 5.20. The predicted molar refractivity (Wildman–Crippen MR) is 51.4 cm³/mol. The molecule has 1 fully saturated rings. The van der Waals surface area contributed by atoms with Gasteiger partial charge in [-0.05, 0) is 12.1 Å². The molecule has 3 nitrogen and oxygen atoms in total. The molecular formula is C9H10BrNO2. The molecule has 0 spiro atoms. The zero-order valence-corrected chi connectivity index (χ0v) is 8.66. The van der Waals surface area contributed by atoms with Crippen molar-refractivity contribution in [3.05, 3.63) is 28.5 Å². The molecule has 0 aromatic carbocycles. The SMILES string of the molecule is Brc1ccnc(C2COCOC2)c1. The zero-order valence-electron chi connectivity index (χ0n) is 7.07. The van der Waals surface area contributed by atoms with Crippen LogP contribution in [0.5, 0.6) is 0 Å². The third kappa shape index (κ3) is 2.27. The Kier molecular flexibility index (Phi) is 2.93. The first-order valence-corrected chi connectivity index (χ1v) is 4.92. The fraction of sp³-hybridized carbons (Fsp3) is 0.444. The van der Waals surface area contributed by atoms with E-state index in [0.29, 0.717) is 20.0 Å². The Balaban J connectivity index is 2.14. The van der Waals surface area contributed by atoms with Crippen molar-refractivity contribution in [1.29, 1.82) is 0 Å². The van der Waals surface area contributed by atoms with Crippen LogP contribution in [0.3, 0.4) is 0 Å². The van der Waals surface area contributed by atoms with Crippen LogP contribution >= 0.6 is 15.9 Å². The summed E-state index contributed by atoms with van der Waals surface area (Å²) in [7, 11) is 0. The number of nitrogens with zero attached hydrogens (tertiary/aromatic N) is 1. The predicted octanol–water partition coefficient (Wildman–Crippen LogP) is 1.93. The number of ether oxygens (including phenoxy) is 2. The summed E-state index contributed by atoms with van der Waals surface area (Å²) >= 11 is 3.41. The number of rotatable bonds is 1. The molecule has 1 aliphatic heterocycles. The Bertz CT molecular complexity index is 287. The highest BCUT2D eigenvalue weighted by molar-refractivity contribution is 9.10. The van der Waals surface area contributed by atoms with Crippen LogP contribution in [0, 0.1) is 0 Å². The van der Waals surface area contributed by atoms with E-state index < -0.39 is 0 Å². The van der Waals surface area contributed by atoms with Crippen molar-refractivity contribution in [2.75, 3.05) is 20.0 Å². The summed E-state index contributed by atoms with van der Waals surface area (Å²) in [5.41, 5.74) is 1.02. The molecule has 1 saturated heterocycles. The van der Waals surface area contributed by atoms with Crippen molar-refractivity contribution in [3.63, 3.8) is 0 Å². The summed E-state index contributed by atoms with van der Waals surface area (Å²) < 4.78 is 11.4. The molecule has 0 atom stereocenters.